The number of aryl methyl sites for hydroxylation is 1. The van der Waals surface area contributed by atoms with Gasteiger partial charge in [0.1, 0.15) is 11.5 Å². The molecule has 1 aromatic heterocycles. The van der Waals surface area contributed by atoms with Crippen LogP contribution in [0.4, 0.5) is 11.4 Å². The van der Waals surface area contributed by atoms with Crippen LogP contribution in [0.3, 0.4) is 0 Å². The van der Waals surface area contributed by atoms with Crippen LogP contribution in [-0.4, -0.2) is 27.9 Å². The van der Waals surface area contributed by atoms with Crippen molar-refractivity contribution >= 4 is 40.8 Å². The summed E-state index contributed by atoms with van der Waals surface area (Å²) in [5.74, 6) is -0.537. The van der Waals surface area contributed by atoms with Crippen molar-refractivity contribution in [3.05, 3.63) is 107 Å². The molecular weight excluding hydrogens is 458 g/mol. The maximum Gasteiger partial charge on any atom is 0.337 e. The highest BCUT2D eigenvalue weighted by molar-refractivity contribution is 6.34. The van der Waals surface area contributed by atoms with Gasteiger partial charge in [-0.1, -0.05) is 23.8 Å². The molecule has 0 atom stereocenters. The molecular formula is C28H21N3O5. The molecule has 0 saturated carbocycles. The fourth-order valence-corrected chi connectivity index (χ4v) is 3.92. The minimum Gasteiger partial charge on any atom is -0.478 e. The number of carboxylic acids is 1. The van der Waals surface area contributed by atoms with Gasteiger partial charge in [0.15, 0.2) is 0 Å². The SMILES string of the molecule is Cc1cccc(C(=O)Nc2cccc(Oc3ccc4c(c3)NC(=O)C4=Cc3cc(C(=O)O)c[nH]3)c2)c1. The fourth-order valence-electron chi connectivity index (χ4n) is 3.92. The molecule has 2 heterocycles. The van der Waals surface area contributed by atoms with Gasteiger partial charge < -0.3 is 25.5 Å². The molecule has 4 aromatic rings. The van der Waals surface area contributed by atoms with Crippen LogP contribution in [-0.2, 0) is 4.79 Å². The molecule has 3 aromatic carbocycles. The lowest BCUT2D eigenvalue weighted by molar-refractivity contribution is -0.110. The Labute approximate surface area is 206 Å². The Balaban J connectivity index is 1.33. The second-order valence-corrected chi connectivity index (χ2v) is 8.32. The number of ether oxygens (including phenoxy) is 1. The first kappa shape index (κ1) is 22.7. The highest BCUT2D eigenvalue weighted by atomic mass is 16.5. The number of amides is 2. The monoisotopic (exact) mass is 479 g/mol. The number of fused-ring (bicyclic) bond motifs is 1. The highest BCUT2D eigenvalue weighted by Gasteiger charge is 2.25. The van der Waals surface area contributed by atoms with Crippen LogP contribution in [0.1, 0.15) is 37.5 Å². The third-order valence-electron chi connectivity index (χ3n) is 5.63. The molecule has 1 aliphatic rings. The molecule has 2 amide bonds. The van der Waals surface area contributed by atoms with Gasteiger partial charge in [-0.3, -0.25) is 9.59 Å². The van der Waals surface area contributed by atoms with Crippen molar-refractivity contribution in [1.82, 2.24) is 4.98 Å². The van der Waals surface area contributed by atoms with Crippen molar-refractivity contribution < 1.29 is 24.2 Å². The van der Waals surface area contributed by atoms with Gasteiger partial charge in [0.2, 0.25) is 0 Å². The van der Waals surface area contributed by atoms with Crippen LogP contribution >= 0.6 is 0 Å². The summed E-state index contributed by atoms with van der Waals surface area (Å²) < 4.78 is 5.98. The molecule has 0 spiro atoms. The molecule has 1 aliphatic heterocycles. The number of anilines is 2. The smallest absolute Gasteiger partial charge is 0.337 e. The molecule has 8 nitrogen and oxygen atoms in total. The maximum atomic E-state index is 12.6. The molecule has 0 fully saturated rings. The van der Waals surface area contributed by atoms with Gasteiger partial charge in [-0.2, -0.15) is 0 Å². The van der Waals surface area contributed by atoms with Gasteiger partial charge in [0.25, 0.3) is 11.8 Å². The number of aromatic carboxylic acids is 1. The number of aromatic amines is 1. The molecule has 8 heteroatoms. The molecule has 0 saturated heterocycles. The normalized spacial score (nSPS) is 13.2. The van der Waals surface area contributed by atoms with Gasteiger partial charge in [0.05, 0.1) is 16.8 Å². The topological polar surface area (TPSA) is 121 Å². The lowest BCUT2D eigenvalue weighted by Gasteiger charge is -2.10. The van der Waals surface area contributed by atoms with Gasteiger partial charge >= 0.3 is 5.97 Å². The third kappa shape index (κ3) is 4.74. The van der Waals surface area contributed by atoms with E-state index in [4.69, 9.17) is 9.84 Å². The number of carbonyl (C=O) groups is 3. The Morgan fingerprint density at radius 1 is 0.944 bits per heavy atom. The van der Waals surface area contributed by atoms with E-state index in [1.165, 1.54) is 12.3 Å². The zero-order chi connectivity index (χ0) is 25.2. The Morgan fingerprint density at radius 2 is 1.75 bits per heavy atom. The zero-order valence-corrected chi connectivity index (χ0v) is 19.2. The molecule has 178 valence electrons. The minimum atomic E-state index is -1.05. The van der Waals surface area contributed by atoms with Gasteiger partial charge in [0, 0.05) is 40.8 Å². The van der Waals surface area contributed by atoms with Crippen LogP contribution in [0.5, 0.6) is 11.5 Å². The summed E-state index contributed by atoms with van der Waals surface area (Å²) in [4.78, 5) is 39.1. The van der Waals surface area contributed by atoms with E-state index in [-0.39, 0.29) is 17.4 Å². The Kier molecular flexibility index (Phi) is 5.83. The summed E-state index contributed by atoms with van der Waals surface area (Å²) in [6.07, 6.45) is 2.98. The van der Waals surface area contributed by atoms with Crippen LogP contribution in [0.25, 0.3) is 11.6 Å². The quantitative estimate of drug-likeness (QED) is 0.270. The van der Waals surface area contributed by atoms with E-state index in [1.54, 1.807) is 54.6 Å². The van der Waals surface area contributed by atoms with Crippen molar-refractivity contribution in [3.8, 4) is 11.5 Å². The fraction of sp³-hybridized carbons (Fsp3) is 0.0357. The summed E-state index contributed by atoms with van der Waals surface area (Å²) in [7, 11) is 0. The molecule has 0 bridgehead atoms. The minimum absolute atomic E-state index is 0.113. The number of hydrogen-bond acceptors (Lipinski definition) is 4. The Morgan fingerprint density at radius 3 is 2.53 bits per heavy atom. The van der Waals surface area contributed by atoms with Gasteiger partial charge in [-0.25, -0.2) is 4.79 Å². The average molecular weight is 479 g/mol. The van der Waals surface area contributed by atoms with Crippen molar-refractivity contribution in [2.45, 2.75) is 6.92 Å². The predicted molar refractivity (Wildman–Crippen MR) is 136 cm³/mol. The maximum absolute atomic E-state index is 12.6. The predicted octanol–water partition coefficient (Wildman–Crippen LogP) is 5.56. The first-order chi connectivity index (χ1) is 17.4. The van der Waals surface area contributed by atoms with Crippen molar-refractivity contribution in [3.63, 3.8) is 0 Å². The second-order valence-electron chi connectivity index (χ2n) is 8.32. The Bertz CT molecular complexity index is 1550. The summed E-state index contributed by atoms with van der Waals surface area (Å²) in [5.41, 5.74) is 4.45. The van der Waals surface area contributed by atoms with E-state index in [0.29, 0.717) is 45.3 Å². The first-order valence-electron chi connectivity index (χ1n) is 11.1. The highest BCUT2D eigenvalue weighted by Crippen LogP contribution is 2.37. The second kappa shape index (κ2) is 9.27. The van der Waals surface area contributed by atoms with Crippen molar-refractivity contribution in [2.24, 2.45) is 0 Å². The van der Waals surface area contributed by atoms with Crippen LogP contribution in [0.15, 0.2) is 79.0 Å². The van der Waals surface area contributed by atoms with E-state index in [2.05, 4.69) is 15.6 Å². The summed E-state index contributed by atoms with van der Waals surface area (Å²) >= 11 is 0. The summed E-state index contributed by atoms with van der Waals surface area (Å²) in [6.45, 7) is 1.93. The van der Waals surface area contributed by atoms with E-state index in [0.717, 1.165) is 5.56 Å². The number of aromatic nitrogens is 1. The molecule has 0 unspecified atom stereocenters. The number of rotatable bonds is 6. The van der Waals surface area contributed by atoms with Crippen molar-refractivity contribution in [2.75, 3.05) is 10.6 Å². The third-order valence-corrected chi connectivity index (χ3v) is 5.63. The van der Waals surface area contributed by atoms with Crippen LogP contribution in [0, 0.1) is 6.92 Å². The standard InChI is InChI=1S/C28H21N3O5/c1-16-4-2-5-17(10-16)26(32)30-19-6-3-7-21(12-19)36-22-8-9-23-24(27(33)31-25(23)14-22)13-20-11-18(15-29-20)28(34)35/h2-15,29H,1H3,(H,30,32)(H,31,33)(H,34,35). The molecule has 36 heavy (non-hydrogen) atoms. The van der Waals surface area contributed by atoms with E-state index < -0.39 is 5.97 Å². The lowest BCUT2D eigenvalue weighted by atomic mass is 10.1. The van der Waals surface area contributed by atoms with E-state index >= 15 is 0 Å². The average Bonchev–Trinajstić information content (AvgIpc) is 3.44. The first-order valence-corrected chi connectivity index (χ1v) is 11.1. The number of hydrogen-bond donors (Lipinski definition) is 4. The largest absolute Gasteiger partial charge is 0.478 e. The number of H-pyrrole nitrogens is 1. The molecule has 0 aliphatic carbocycles. The van der Waals surface area contributed by atoms with Crippen LogP contribution in [0.2, 0.25) is 0 Å². The van der Waals surface area contributed by atoms with Gasteiger partial charge in [-0.05, 0) is 55.5 Å². The molecule has 0 radical (unpaired) electrons. The summed E-state index contributed by atoms with van der Waals surface area (Å²) in [6, 6.07) is 21.0. The summed E-state index contributed by atoms with van der Waals surface area (Å²) in [5, 5.41) is 14.8. The van der Waals surface area contributed by atoms with Crippen LogP contribution < -0.4 is 15.4 Å². The number of benzene rings is 3. The van der Waals surface area contributed by atoms with Gasteiger partial charge in [-0.15, -0.1) is 0 Å². The number of carboxylic acid groups (broad SMARTS) is 1. The zero-order valence-electron chi connectivity index (χ0n) is 19.2. The van der Waals surface area contributed by atoms with E-state index in [1.807, 2.05) is 25.1 Å². The van der Waals surface area contributed by atoms with E-state index in [9.17, 15) is 14.4 Å². The van der Waals surface area contributed by atoms with Crippen molar-refractivity contribution in [1.29, 1.82) is 0 Å². The molecule has 5 rings (SSSR count). The molecule has 4 N–H and O–H groups in total. The Hall–Kier alpha value is -5.11. The number of nitrogens with one attached hydrogen (secondary N) is 3. The lowest BCUT2D eigenvalue weighted by Crippen LogP contribution is -2.11. The number of carbonyl (C=O) groups excluding carboxylic acids is 2.